The first kappa shape index (κ1) is 20.4. The van der Waals surface area contributed by atoms with E-state index < -0.39 is 4.92 Å². The van der Waals surface area contributed by atoms with Crippen LogP contribution in [0.4, 0.5) is 5.69 Å². The Morgan fingerprint density at radius 2 is 1.72 bits per heavy atom. The van der Waals surface area contributed by atoms with Crippen molar-refractivity contribution in [1.29, 1.82) is 0 Å². The Morgan fingerprint density at radius 3 is 2.21 bits per heavy atom. The monoisotopic (exact) mass is 463 g/mol. The molecule has 29 heavy (non-hydrogen) atoms. The summed E-state index contributed by atoms with van der Waals surface area (Å²) in [5.41, 5.74) is 2.27. The predicted octanol–water partition coefficient (Wildman–Crippen LogP) is 2.97. The number of hydrogen-bond donors (Lipinski definition) is 1. The van der Waals surface area contributed by atoms with Gasteiger partial charge in [0.1, 0.15) is 0 Å². The molecule has 0 unspecified atom stereocenters. The average Bonchev–Trinajstić information content (AvgIpc) is 3.23. The Kier molecular flexibility index (Phi) is 6.16. The van der Waals surface area contributed by atoms with Gasteiger partial charge in [-0.25, -0.2) is 0 Å². The van der Waals surface area contributed by atoms with E-state index in [1.54, 1.807) is 24.3 Å². The molecule has 0 aliphatic heterocycles. The summed E-state index contributed by atoms with van der Waals surface area (Å²) < 4.78 is 16.6. The van der Waals surface area contributed by atoms with Crippen molar-refractivity contribution in [2.75, 3.05) is 21.3 Å². The van der Waals surface area contributed by atoms with Gasteiger partial charge in [0.15, 0.2) is 0 Å². The average molecular weight is 462 g/mol. The summed E-state index contributed by atoms with van der Waals surface area (Å²) in [5, 5.41) is 23.9. The Bertz CT molecular complexity index is 1040. The van der Waals surface area contributed by atoms with Gasteiger partial charge in [0.25, 0.3) is 0 Å². The molecule has 2 aromatic carbocycles. The summed E-state index contributed by atoms with van der Waals surface area (Å²) in [6.45, 7) is 0. The van der Waals surface area contributed by atoms with Crippen LogP contribution in [0.3, 0.4) is 0 Å². The van der Waals surface area contributed by atoms with Crippen molar-refractivity contribution in [3.63, 3.8) is 0 Å². The molecule has 0 atom stereocenters. The Balaban J connectivity index is 1.99. The van der Waals surface area contributed by atoms with Gasteiger partial charge < -0.3 is 0 Å². The molecule has 3 aromatic rings. The van der Waals surface area contributed by atoms with Gasteiger partial charge in [0.2, 0.25) is 0 Å². The van der Waals surface area contributed by atoms with Crippen LogP contribution in [0, 0.1) is 10.1 Å². The number of nitrogens with zero attached hydrogens (tertiary/aromatic N) is 3. The van der Waals surface area contributed by atoms with Crippen molar-refractivity contribution in [2.45, 2.75) is 0 Å². The molecule has 0 saturated carbocycles. The third-order valence-corrected chi connectivity index (χ3v) is 5.90. The molecule has 10 heteroatoms. The minimum absolute atomic E-state index is 0.0112. The van der Waals surface area contributed by atoms with Crippen LogP contribution in [-0.4, -0.2) is 56.7 Å². The number of methoxy groups -OCH3 is 3. The maximum absolute atomic E-state index is 10.8. The summed E-state index contributed by atoms with van der Waals surface area (Å²) in [7, 11) is 4.51. The number of ether oxygens (including phenoxy) is 3. The van der Waals surface area contributed by atoms with Gasteiger partial charge in [-0.2, -0.15) is 0 Å². The molecule has 0 bridgehead atoms. The number of nitro benzene ring substituents is 1. The van der Waals surface area contributed by atoms with Crippen LogP contribution in [0.5, 0.6) is 17.2 Å². The number of nitro groups is 1. The van der Waals surface area contributed by atoms with E-state index in [0.29, 0.717) is 33.1 Å². The molecule has 1 aromatic heterocycles. The quantitative estimate of drug-likeness (QED) is 0.189. The zero-order chi connectivity index (χ0) is 21.0. The number of non-ortho nitro benzene ring substituents is 1. The Hall–Kier alpha value is -3.36. The molecule has 0 amide bonds. The first-order valence-corrected chi connectivity index (χ1v) is 10.1. The van der Waals surface area contributed by atoms with Gasteiger partial charge in [-0.1, -0.05) is 0 Å². The van der Waals surface area contributed by atoms with E-state index in [-0.39, 0.29) is 25.9 Å². The zero-order valence-electron chi connectivity index (χ0n) is 15.8. The van der Waals surface area contributed by atoms with E-state index in [1.165, 1.54) is 33.5 Å². The molecule has 0 fully saturated rings. The molecule has 0 saturated heterocycles. The second kappa shape index (κ2) is 8.76. The van der Waals surface area contributed by atoms with Crippen LogP contribution in [0.1, 0.15) is 10.1 Å². The van der Waals surface area contributed by atoms with E-state index in [0.717, 1.165) is 5.56 Å². The summed E-state index contributed by atoms with van der Waals surface area (Å²) in [4.78, 5) is 16.9. The normalized spacial score (nSPS) is 11.2. The molecular formula is C19H17N3O6Se. The van der Waals surface area contributed by atoms with Crippen molar-refractivity contribution < 1.29 is 24.3 Å². The van der Waals surface area contributed by atoms with Gasteiger partial charge in [-0.15, -0.1) is 0 Å². The molecule has 150 valence electrons. The van der Waals surface area contributed by atoms with Crippen molar-refractivity contribution in [2.24, 2.45) is 5.16 Å². The molecule has 0 aliphatic rings. The molecule has 9 nitrogen and oxygen atoms in total. The van der Waals surface area contributed by atoms with Crippen molar-refractivity contribution in [1.82, 2.24) is 4.98 Å². The van der Waals surface area contributed by atoms with Gasteiger partial charge in [-0.3, -0.25) is 0 Å². The third kappa shape index (κ3) is 4.08. The molecule has 0 aliphatic carbocycles. The van der Waals surface area contributed by atoms with E-state index in [2.05, 4.69) is 10.1 Å². The number of hydrogen-bond acceptors (Lipinski definition) is 8. The fourth-order valence-electron chi connectivity index (χ4n) is 2.71. The summed E-state index contributed by atoms with van der Waals surface area (Å²) in [5.74, 6) is 1.29. The van der Waals surface area contributed by atoms with Crippen LogP contribution in [-0.2, 0) is 0 Å². The van der Waals surface area contributed by atoms with Gasteiger partial charge >= 0.3 is 172 Å². The van der Waals surface area contributed by atoms with Crippen LogP contribution in [0.15, 0.2) is 46.5 Å². The Morgan fingerprint density at radius 1 is 1.10 bits per heavy atom. The number of oxime groups is 1. The summed E-state index contributed by atoms with van der Waals surface area (Å²) >= 11 is -0.195. The predicted molar refractivity (Wildman–Crippen MR) is 107 cm³/mol. The van der Waals surface area contributed by atoms with Crippen molar-refractivity contribution in [3.05, 3.63) is 61.6 Å². The minimum atomic E-state index is -0.452. The first-order chi connectivity index (χ1) is 14.0. The molecule has 1 heterocycles. The molecule has 0 spiro atoms. The van der Waals surface area contributed by atoms with Crippen molar-refractivity contribution >= 4 is 25.9 Å². The maximum atomic E-state index is 10.8. The number of aromatic nitrogens is 1. The Labute approximate surface area is 172 Å². The SMILES string of the molecule is COc1cc(/C(=N/O)c2nc(-c3ccc([N+](=O)[O-])cc3)c[se]2)cc(OC)c1OC. The van der Waals surface area contributed by atoms with Gasteiger partial charge in [0, 0.05) is 0 Å². The van der Waals surface area contributed by atoms with Crippen LogP contribution >= 0.6 is 0 Å². The first-order valence-electron chi connectivity index (χ1n) is 8.25. The molecule has 1 N–H and O–H groups in total. The van der Waals surface area contributed by atoms with E-state index in [9.17, 15) is 15.3 Å². The summed E-state index contributed by atoms with van der Waals surface area (Å²) in [6.07, 6.45) is 0. The van der Waals surface area contributed by atoms with E-state index in [1.807, 2.05) is 4.94 Å². The van der Waals surface area contributed by atoms with Crippen LogP contribution in [0.25, 0.3) is 11.3 Å². The van der Waals surface area contributed by atoms with Crippen LogP contribution in [0.2, 0.25) is 0 Å². The van der Waals surface area contributed by atoms with E-state index in [4.69, 9.17) is 14.2 Å². The van der Waals surface area contributed by atoms with Crippen LogP contribution < -0.4 is 14.2 Å². The topological polar surface area (TPSA) is 116 Å². The number of benzene rings is 2. The summed E-state index contributed by atoms with van der Waals surface area (Å²) in [6, 6.07) is 9.50. The van der Waals surface area contributed by atoms with E-state index >= 15 is 0 Å². The number of rotatable bonds is 7. The molecular weight excluding hydrogens is 445 g/mol. The fraction of sp³-hybridized carbons (Fsp3) is 0.158. The second-order valence-corrected chi connectivity index (χ2v) is 7.50. The zero-order valence-corrected chi connectivity index (χ0v) is 17.5. The van der Waals surface area contributed by atoms with Gasteiger partial charge in [0.05, 0.1) is 0 Å². The third-order valence-electron chi connectivity index (χ3n) is 4.12. The van der Waals surface area contributed by atoms with Gasteiger partial charge in [-0.05, 0) is 0 Å². The second-order valence-electron chi connectivity index (χ2n) is 5.70. The molecule has 3 rings (SSSR count). The molecule has 0 radical (unpaired) electrons. The van der Waals surface area contributed by atoms with Crippen molar-refractivity contribution in [3.8, 4) is 28.5 Å². The standard InChI is InChI=1S/C19H17N3O6Se/c1-26-15-8-12(9-16(27-2)18(15)28-3)17(21-23)19-20-14(10-29-19)11-4-6-13(7-5-11)22(24)25/h4-10,23H,1-3H3/b21-17-. The fourth-order valence-corrected chi connectivity index (χ4v) is 4.46.